The van der Waals surface area contributed by atoms with Gasteiger partial charge in [-0.25, -0.2) is 0 Å². The topological polar surface area (TPSA) is 41.6 Å². The van der Waals surface area contributed by atoms with E-state index in [0.717, 1.165) is 37.2 Å². The summed E-state index contributed by atoms with van der Waals surface area (Å²) in [5, 5.41) is 3.33. The van der Waals surface area contributed by atoms with Crippen LogP contribution in [0.3, 0.4) is 0 Å². The molecular formula is C17H27ClN2O2. The van der Waals surface area contributed by atoms with E-state index in [1.165, 1.54) is 0 Å². The van der Waals surface area contributed by atoms with Gasteiger partial charge in [0.1, 0.15) is 12.4 Å². The first-order valence-corrected chi connectivity index (χ1v) is 7.80. The van der Waals surface area contributed by atoms with E-state index >= 15 is 0 Å². The van der Waals surface area contributed by atoms with Gasteiger partial charge in [0, 0.05) is 13.5 Å². The maximum absolute atomic E-state index is 12.2. The minimum absolute atomic E-state index is 0. The van der Waals surface area contributed by atoms with Crippen LogP contribution >= 0.6 is 12.4 Å². The van der Waals surface area contributed by atoms with Crippen molar-refractivity contribution < 1.29 is 9.53 Å². The quantitative estimate of drug-likeness (QED) is 0.873. The van der Waals surface area contributed by atoms with Crippen molar-refractivity contribution in [1.29, 1.82) is 0 Å². The average molecular weight is 327 g/mol. The lowest BCUT2D eigenvalue weighted by molar-refractivity contribution is -0.131. The average Bonchev–Trinajstić information content (AvgIpc) is 2.50. The van der Waals surface area contributed by atoms with Gasteiger partial charge in [-0.2, -0.15) is 0 Å². The summed E-state index contributed by atoms with van der Waals surface area (Å²) in [7, 11) is 1.87. The van der Waals surface area contributed by atoms with Gasteiger partial charge in [-0.15, -0.1) is 12.4 Å². The van der Waals surface area contributed by atoms with Crippen molar-refractivity contribution in [2.45, 2.75) is 26.2 Å². The molecule has 0 atom stereocenters. The molecule has 1 amide bonds. The van der Waals surface area contributed by atoms with Crippen LogP contribution in [0, 0.1) is 12.8 Å². The van der Waals surface area contributed by atoms with Crippen molar-refractivity contribution in [3.8, 4) is 5.75 Å². The Morgan fingerprint density at radius 1 is 1.32 bits per heavy atom. The maximum atomic E-state index is 12.2. The summed E-state index contributed by atoms with van der Waals surface area (Å²) in [6.07, 6.45) is 2.89. The zero-order valence-corrected chi connectivity index (χ0v) is 14.3. The highest BCUT2D eigenvalue weighted by Gasteiger charge is 2.18. The summed E-state index contributed by atoms with van der Waals surface area (Å²) < 4.78 is 5.74. The number of aryl methyl sites for hydroxylation is 1. The van der Waals surface area contributed by atoms with Gasteiger partial charge < -0.3 is 15.0 Å². The molecular weight excluding hydrogens is 300 g/mol. The molecule has 5 heteroatoms. The zero-order chi connectivity index (χ0) is 15.1. The smallest absolute Gasteiger partial charge is 0.222 e. The van der Waals surface area contributed by atoms with Crippen LogP contribution in [0.4, 0.5) is 0 Å². The first-order valence-electron chi connectivity index (χ1n) is 7.80. The van der Waals surface area contributed by atoms with Crippen molar-refractivity contribution in [1.82, 2.24) is 10.2 Å². The summed E-state index contributed by atoms with van der Waals surface area (Å²) in [6, 6.07) is 7.96. The predicted octanol–water partition coefficient (Wildman–Crippen LogP) is 2.64. The van der Waals surface area contributed by atoms with E-state index < -0.39 is 0 Å². The van der Waals surface area contributed by atoms with E-state index in [2.05, 4.69) is 5.32 Å². The lowest BCUT2D eigenvalue weighted by Crippen LogP contribution is -2.35. The first kappa shape index (κ1) is 18.8. The molecule has 2 rings (SSSR count). The molecule has 1 aromatic rings. The lowest BCUT2D eigenvalue weighted by atomic mass is 9.94. The van der Waals surface area contributed by atoms with Crippen LogP contribution in [0.1, 0.15) is 24.8 Å². The van der Waals surface area contributed by atoms with E-state index in [4.69, 9.17) is 4.74 Å². The molecule has 1 aromatic carbocycles. The number of nitrogens with one attached hydrogen (secondary N) is 1. The summed E-state index contributed by atoms with van der Waals surface area (Å²) in [5.41, 5.74) is 1.13. The number of piperidine rings is 1. The summed E-state index contributed by atoms with van der Waals surface area (Å²) in [5.74, 6) is 1.67. The highest BCUT2D eigenvalue weighted by Crippen LogP contribution is 2.17. The van der Waals surface area contributed by atoms with E-state index in [1.807, 2.05) is 38.2 Å². The number of hydrogen-bond donors (Lipinski definition) is 1. The fraction of sp³-hybridized carbons (Fsp3) is 0.588. The number of carbonyl (C=O) groups is 1. The molecule has 0 bridgehead atoms. The minimum atomic E-state index is 0. The van der Waals surface area contributed by atoms with Gasteiger partial charge in [0.15, 0.2) is 0 Å². The summed E-state index contributed by atoms with van der Waals surface area (Å²) >= 11 is 0. The molecule has 1 N–H and O–H groups in total. The normalized spacial score (nSPS) is 15.0. The molecule has 1 fully saturated rings. The van der Waals surface area contributed by atoms with Crippen LogP contribution < -0.4 is 10.1 Å². The molecule has 1 aliphatic rings. The van der Waals surface area contributed by atoms with Gasteiger partial charge in [-0.05, 0) is 50.4 Å². The molecule has 22 heavy (non-hydrogen) atoms. The molecule has 0 aromatic heterocycles. The number of amides is 1. The van der Waals surface area contributed by atoms with Crippen molar-refractivity contribution in [3.63, 3.8) is 0 Å². The van der Waals surface area contributed by atoms with E-state index in [9.17, 15) is 4.79 Å². The molecule has 0 spiro atoms. The minimum Gasteiger partial charge on any atom is -0.491 e. The summed E-state index contributed by atoms with van der Waals surface area (Å²) in [6.45, 7) is 5.29. The summed E-state index contributed by atoms with van der Waals surface area (Å²) in [4.78, 5) is 14.0. The molecule has 0 unspecified atom stereocenters. The van der Waals surface area contributed by atoms with E-state index in [1.54, 1.807) is 4.90 Å². The van der Waals surface area contributed by atoms with Gasteiger partial charge in [0.25, 0.3) is 0 Å². The monoisotopic (exact) mass is 326 g/mol. The van der Waals surface area contributed by atoms with Gasteiger partial charge in [0.05, 0.1) is 6.54 Å². The second-order valence-electron chi connectivity index (χ2n) is 5.83. The van der Waals surface area contributed by atoms with Crippen LogP contribution in [0.5, 0.6) is 5.75 Å². The maximum Gasteiger partial charge on any atom is 0.222 e. The number of ether oxygens (including phenoxy) is 1. The Labute approximate surface area is 139 Å². The van der Waals surface area contributed by atoms with Crippen LogP contribution in [-0.2, 0) is 4.79 Å². The van der Waals surface area contributed by atoms with E-state index in [-0.39, 0.29) is 18.3 Å². The molecule has 1 aliphatic heterocycles. The van der Waals surface area contributed by atoms with E-state index in [0.29, 0.717) is 25.5 Å². The molecule has 0 saturated carbocycles. The third-order valence-electron chi connectivity index (χ3n) is 4.13. The Morgan fingerprint density at radius 2 is 2.00 bits per heavy atom. The number of rotatable bonds is 6. The SMILES string of the molecule is Cc1ccccc1OCCN(C)C(=O)CC1CCNCC1.Cl. The molecule has 4 nitrogen and oxygen atoms in total. The van der Waals surface area contributed by atoms with Crippen LogP contribution in [-0.4, -0.2) is 44.1 Å². The molecule has 0 aliphatic carbocycles. The lowest BCUT2D eigenvalue weighted by Gasteiger charge is -2.25. The highest BCUT2D eigenvalue weighted by atomic mass is 35.5. The molecule has 124 valence electrons. The van der Waals surface area contributed by atoms with Crippen molar-refractivity contribution >= 4 is 18.3 Å². The number of likely N-dealkylation sites (N-methyl/N-ethyl adjacent to an activating group) is 1. The Morgan fingerprint density at radius 3 is 2.68 bits per heavy atom. The van der Waals surface area contributed by atoms with Crippen molar-refractivity contribution in [3.05, 3.63) is 29.8 Å². The number of hydrogen-bond acceptors (Lipinski definition) is 3. The van der Waals surface area contributed by atoms with Crippen molar-refractivity contribution in [2.75, 3.05) is 33.3 Å². The number of benzene rings is 1. The Hall–Kier alpha value is -1.26. The standard InChI is InChI=1S/C17H26N2O2.ClH/c1-14-5-3-4-6-16(14)21-12-11-19(2)17(20)13-15-7-9-18-10-8-15;/h3-6,15,18H,7-13H2,1-2H3;1H. The third kappa shape index (κ3) is 5.85. The van der Waals surface area contributed by atoms with Crippen LogP contribution in [0.15, 0.2) is 24.3 Å². The van der Waals surface area contributed by atoms with Gasteiger partial charge in [-0.3, -0.25) is 4.79 Å². The third-order valence-corrected chi connectivity index (χ3v) is 4.13. The van der Waals surface area contributed by atoms with Gasteiger partial charge >= 0.3 is 0 Å². The first-order chi connectivity index (χ1) is 10.2. The number of para-hydroxylation sites is 1. The molecule has 0 radical (unpaired) electrons. The van der Waals surface area contributed by atoms with Crippen molar-refractivity contribution in [2.24, 2.45) is 5.92 Å². The number of carbonyl (C=O) groups excluding carboxylic acids is 1. The number of nitrogens with zero attached hydrogens (tertiary/aromatic N) is 1. The zero-order valence-electron chi connectivity index (χ0n) is 13.5. The molecule has 1 heterocycles. The number of halogens is 1. The van der Waals surface area contributed by atoms with Gasteiger partial charge in [0.2, 0.25) is 5.91 Å². The Bertz CT molecular complexity index is 462. The fourth-order valence-electron chi connectivity index (χ4n) is 2.62. The second-order valence-corrected chi connectivity index (χ2v) is 5.83. The second kappa shape index (κ2) is 9.70. The largest absolute Gasteiger partial charge is 0.491 e. The van der Waals surface area contributed by atoms with Crippen LogP contribution in [0.2, 0.25) is 0 Å². The molecule has 1 saturated heterocycles. The Kier molecular flexibility index (Phi) is 8.28. The Balaban J connectivity index is 0.00000242. The van der Waals surface area contributed by atoms with Crippen LogP contribution in [0.25, 0.3) is 0 Å². The van der Waals surface area contributed by atoms with Gasteiger partial charge in [-0.1, -0.05) is 18.2 Å². The predicted molar refractivity (Wildman–Crippen MR) is 91.8 cm³/mol. The fourth-order valence-corrected chi connectivity index (χ4v) is 2.62. The highest BCUT2D eigenvalue weighted by molar-refractivity contribution is 5.85.